The molecule has 31 heavy (non-hydrogen) atoms. The van der Waals surface area contributed by atoms with Crippen LogP contribution in [0.2, 0.25) is 5.02 Å². The summed E-state index contributed by atoms with van der Waals surface area (Å²) in [5.41, 5.74) is 1.30. The number of aromatic nitrogens is 2. The molecule has 2 heterocycles. The third-order valence-corrected chi connectivity index (χ3v) is 5.64. The molecular weight excluding hydrogens is 423 g/mol. The van der Waals surface area contributed by atoms with Gasteiger partial charge in [0, 0.05) is 36.8 Å². The van der Waals surface area contributed by atoms with Crippen molar-refractivity contribution >= 4 is 34.0 Å². The Morgan fingerprint density at radius 1 is 1.19 bits per heavy atom. The summed E-state index contributed by atoms with van der Waals surface area (Å²) in [5.74, 6) is 1.29. The number of anilines is 2. The van der Waals surface area contributed by atoms with Gasteiger partial charge in [0.05, 0.1) is 24.3 Å². The van der Waals surface area contributed by atoms with Crippen LogP contribution in [0.1, 0.15) is 12.8 Å². The molecule has 0 radical (unpaired) electrons. The van der Waals surface area contributed by atoms with E-state index in [1.54, 1.807) is 13.2 Å². The third-order valence-electron chi connectivity index (χ3n) is 5.35. The van der Waals surface area contributed by atoms with E-state index in [0.717, 1.165) is 31.3 Å². The number of hydrogen-bond acceptors (Lipinski definition) is 7. The van der Waals surface area contributed by atoms with E-state index in [0.29, 0.717) is 35.1 Å². The highest BCUT2D eigenvalue weighted by molar-refractivity contribution is 6.31. The van der Waals surface area contributed by atoms with Gasteiger partial charge in [-0.1, -0.05) is 11.6 Å². The van der Waals surface area contributed by atoms with E-state index in [-0.39, 0.29) is 17.7 Å². The monoisotopic (exact) mass is 446 g/mol. The zero-order chi connectivity index (χ0) is 21.8. The van der Waals surface area contributed by atoms with E-state index in [2.05, 4.69) is 20.2 Å². The number of methoxy groups -OCH3 is 1. The first-order chi connectivity index (χ1) is 15.1. The lowest BCUT2D eigenvalue weighted by molar-refractivity contribution is 0.0870. The number of likely N-dealkylation sites (tertiary alicyclic amines) is 1. The average Bonchev–Trinajstić information content (AvgIpc) is 2.78. The molecule has 0 bridgehead atoms. The Kier molecular flexibility index (Phi) is 6.70. The molecule has 9 heteroatoms. The van der Waals surface area contributed by atoms with Crippen molar-refractivity contribution in [3.8, 4) is 11.5 Å². The molecule has 1 aliphatic heterocycles. The highest BCUT2D eigenvalue weighted by Crippen LogP contribution is 2.36. The summed E-state index contributed by atoms with van der Waals surface area (Å²) >= 11 is 5.90. The number of halogens is 2. The largest absolute Gasteiger partial charge is 0.493 e. The smallest absolute Gasteiger partial charge is 0.162 e. The summed E-state index contributed by atoms with van der Waals surface area (Å²) in [6.07, 6.45) is 3.24. The minimum Gasteiger partial charge on any atom is -0.493 e. The van der Waals surface area contributed by atoms with Crippen LogP contribution in [-0.4, -0.2) is 59.4 Å². The molecule has 4 rings (SSSR count). The number of aliphatic hydroxyl groups is 1. The predicted molar refractivity (Wildman–Crippen MR) is 118 cm³/mol. The van der Waals surface area contributed by atoms with Crippen LogP contribution in [0.25, 0.3) is 10.9 Å². The molecule has 7 nitrogen and oxygen atoms in total. The summed E-state index contributed by atoms with van der Waals surface area (Å²) in [6, 6.07) is 8.08. The highest BCUT2D eigenvalue weighted by atomic mass is 35.5. The lowest BCUT2D eigenvalue weighted by Gasteiger charge is -2.32. The molecule has 0 amide bonds. The molecular formula is C22H24ClFN4O3. The van der Waals surface area contributed by atoms with Gasteiger partial charge in [0.15, 0.2) is 11.5 Å². The number of aliphatic hydroxyl groups excluding tert-OH is 1. The van der Waals surface area contributed by atoms with Crippen molar-refractivity contribution in [3.05, 3.63) is 47.5 Å². The maximum absolute atomic E-state index is 13.5. The molecule has 1 aromatic heterocycles. The number of benzene rings is 2. The summed E-state index contributed by atoms with van der Waals surface area (Å²) in [4.78, 5) is 10.9. The van der Waals surface area contributed by atoms with Gasteiger partial charge in [0.1, 0.15) is 24.1 Å². The van der Waals surface area contributed by atoms with Gasteiger partial charge in [0.25, 0.3) is 0 Å². The number of nitrogens with zero attached hydrogens (tertiary/aromatic N) is 3. The fourth-order valence-corrected chi connectivity index (χ4v) is 3.88. The molecule has 1 fully saturated rings. The first-order valence-corrected chi connectivity index (χ1v) is 10.5. The molecule has 1 saturated heterocycles. The minimum atomic E-state index is -0.481. The Morgan fingerprint density at radius 2 is 2.00 bits per heavy atom. The zero-order valence-electron chi connectivity index (χ0n) is 17.1. The first-order valence-electron chi connectivity index (χ1n) is 10.1. The van der Waals surface area contributed by atoms with E-state index >= 15 is 0 Å². The molecule has 0 saturated carbocycles. The van der Waals surface area contributed by atoms with Crippen LogP contribution in [0.3, 0.4) is 0 Å². The number of piperidine rings is 1. The van der Waals surface area contributed by atoms with Gasteiger partial charge in [-0.15, -0.1) is 0 Å². The van der Waals surface area contributed by atoms with Crippen molar-refractivity contribution in [1.82, 2.24) is 14.9 Å². The van der Waals surface area contributed by atoms with Crippen molar-refractivity contribution in [2.75, 3.05) is 38.7 Å². The third kappa shape index (κ3) is 4.98. The van der Waals surface area contributed by atoms with Crippen LogP contribution in [0, 0.1) is 5.82 Å². The molecule has 3 aromatic rings. The number of hydrogen-bond donors (Lipinski definition) is 2. The van der Waals surface area contributed by atoms with E-state index in [4.69, 9.17) is 26.2 Å². The van der Waals surface area contributed by atoms with Crippen LogP contribution in [0.4, 0.5) is 15.9 Å². The van der Waals surface area contributed by atoms with Crippen LogP contribution >= 0.6 is 11.6 Å². The normalized spacial score (nSPS) is 15.2. The van der Waals surface area contributed by atoms with Gasteiger partial charge in [-0.2, -0.15) is 0 Å². The topological polar surface area (TPSA) is 79.7 Å². The Hall–Kier alpha value is -2.68. The summed E-state index contributed by atoms with van der Waals surface area (Å²) in [5, 5.41) is 13.1. The van der Waals surface area contributed by atoms with E-state index in [1.165, 1.54) is 18.5 Å². The molecule has 164 valence electrons. The molecule has 0 spiro atoms. The van der Waals surface area contributed by atoms with Crippen LogP contribution in [-0.2, 0) is 0 Å². The van der Waals surface area contributed by atoms with Crippen LogP contribution < -0.4 is 14.8 Å². The van der Waals surface area contributed by atoms with Crippen molar-refractivity contribution in [2.45, 2.75) is 18.9 Å². The standard InChI is InChI=1S/C22H24ClFN4O3/c1-30-20-12-19-16(11-21(20)31-15-4-6-28(7-5-15)8-9-29)22(26-13-25-19)27-14-2-3-18(24)17(23)10-14/h2-3,10-13,15,29H,4-9H2,1H3,(H,25,26,27). The molecule has 2 aromatic carbocycles. The van der Waals surface area contributed by atoms with Gasteiger partial charge < -0.3 is 24.8 Å². The highest BCUT2D eigenvalue weighted by Gasteiger charge is 2.22. The summed E-state index contributed by atoms with van der Waals surface area (Å²) in [6.45, 7) is 2.61. The lowest BCUT2D eigenvalue weighted by Crippen LogP contribution is -2.39. The number of rotatable bonds is 7. The lowest BCUT2D eigenvalue weighted by atomic mass is 10.1. The van der Waals surface area contributed by atoms with Crippen molar-refractivity contribution in [2.24, 2.45) is 0 Å². The molecule has 0 atom stereocenters. The Balaban J connectivity index is 1.60. The van der Waals surface area contributed by atoms with Crippen molar-refractivity contribution < 1.29 is 19.0 Å². The second kappa shape index (κ2) is 9.64. The van der Waals surface area contributed by atoms with Gasteiger partial charge in [-0.3, -0.25) is 0 Å². The summed E-state index contributed by atoms with van der Waals surface area (Å²) < 4.78 is 25.3. The first kappa shape index (κ1) is 21.5. The number of β-amino-alcohol motifs (C(OH)–C–C–N with tert-alkyl or cyclic N) is 1. The van der Waals surface area contributed by atoms with Gasteiger partial charge >= 0.3 is 0 Å². The second-order valence-corrected chi connectivity index (χ2v) is 7.79. The van der Waals surface area contributed by atoms with Crippen LogP contribution in [0.15, 0.2) is 36.7 Å². The van der Waals surface area contributed by atoms with Gasteiger partial charge in [-0.25, -0.2) is 14.4 Å². The maximum Gasteiger partial charge on any atom is 0.162 e. The fraction of sp³-hybridized carbons (Fsp3) is 0.364. The predicted octanol–water partition coefficient (Wildman–Crippen LogP) is 4.01. The van der Waals surface area contributed by atoms with Crippen molar-refractivity contribution in [1.29, 1.82) is 0 Å². The Bertz CT molecular complexity index is 1060. The number of nitrogens with one attached hydrogen (secondary N) is 1. The minimum absolute atomic E-state index is 0.0293. The number of ether oxygens (including phenoxy) is 2. The molecule has 0 unspecified atom stereocenters. The summed E-state index contributed by atoms with van der Waals surface area (Å²) in [7, 11) is 1.60. The Labute approximate surface area is 184 Å². The fourth-order valence-electron chi connectivity index (χ4n) is 3.70. The second-order valence-electron chi connectivity index (χ2n) is 7.38. The molecule has 1 aliphatic rings. The van der Waals surface area contributed by atoms with E-state index < -0.39 is 5.82 Å². The SMILES string of the molecule is COc1cc2ncnc(Nc3ccc(F)c(Cl)c3)c2cc1OC1CCN(CCO)CC1. The average molecular weight is 447 g/mol. The van der Waals surface area contributed by atoms with Gasteiger partial charge in [0.2, 0.25) is 0 Å². The number of fused-ring (bicyclic) bond motifs is 1. The molecule has 2 N–H and O–H groups in total. The van der Waals surface area contributed by atoms with E-state index in [1.807, 2.05) is 12.1 Å². The van der Waals surface area contributed by atoms with Crippen molar-refractivity contribution in [3.63, 3.8) is 0 Å². The van der Waals surface area contributed by atoms with E-state index in [9.17, 15) is 4.39 Å². The maximum atomic E-state index is 13.5. The Morgan fingerprint density at radius 3 is 2.71 bits per heavy atom. The quantitative estimate of drug-likeness (QED) is 0.567. The van der Waals surface area contributed by atoms with Gasteiger partial charge in [-0.05, 0) is 37.1 Å². The zero-order valence-corrected chi connectivity index (χ0v) is 17.9. The molecule has 0 aliphatic carbocycles. The van der Waals surface area contributed by atoms with Crippen LogP contribution in [0.5, 0.6) is 11.5 Å².